The van der Waals surface area contributed by atoms with Gasteiger partial charge in [0, 0.05) is 5.56 Å². The Morgan fingerprint density at radius 2 is 2.33 bits per heavy atom. The van der Waals surface area contributed by atoms with E-state index in [0.29, 0.717) is 5.56 Å². The van der Waals surface area contributed by atoms with E-state index >= 15 is 0 Å². The van der Waals surface area contributed by atoms with Gasteiger partial charge in [0.1, 0.15) is 5.82 Å². The molecule has 18 heavy (non-hydrogen) atoms. The molecule has 0 aliphatic rings. The molecule has 1 aromatic heterocycles. The smallest absolute Gasteiger partial charge is 0.375 e. The highest BCUT2D eigenvalue weighted by molar-refractivity contribution is 6.31. The third-order valence-corrected chi connectivity index (χ3v) is 2.42. The topological polar surface area (TPSA) is 67.9 Å². The van der Waals surface area contributed by atoms with E-state index in [-0.39, 0.29) is 23.3 Å². The van der Waals surface area contributed by atoms with Crippen molar-refractivity contribution in [3.05, 3.63) is 34.9 Å². The van der Waals surface area contributed by atoms with Gasteiger partial charge in [-0.15, -0.1) is 0 Å². The Bertz CT molecular complexity index is 585. The molecule has 0 saturated heterocycles. The predicted molar refractivity (Wildman–Crippen MR) is 62.7 cm³/mol. The van der Waals surface area contributed by atoms with Crippen LogP contribution in [0.25, 0.3) is 11.4 Å². The molecule has 0 atom stereocenters. The third-order valence-electron chi connectivity index (χ3n) is 2.13. The van der Waals surface area contributed by atoms with Crippen LogP contribution in [0.2, 0.25) is 5.02 Å². The van der Waals surface area contributed by atoms with Crippen LogP contribution in [0.5, 0.6) is 0 Å². The van der Waals surface area contributed by atoms with E-state index in [0.717, 1.165) is 0 Å². The number of rotatable bonds is 3. The van der Waals surface area contributed by atoms with Gasteiger partial charge in [0.25, 0.3) is 0 Å². The van der Waals surface area contributed by atoms with Crippen LogP contribution in [0, 0.1) is 5.82 Å². The molecule has 7 heteroatoms. The van der Waals surface area contributed by atoms with Crippen molar-refractivity contribution in [1.82, 2.24) is 15.2 Å². The first-order chi connectivity index (χ1) is 8.61. The summed E-state index contributed by atoms with van der Waals surface area (Å²) < 4.78 is 17.8. The van der Waals surface area contributed by atoms with Gasteiger partial charge in [-0.05, 0) is 25.1 Å². The molecular weight excluding hydrogens is 261 g/mol. The molecule has 0 fully saturated rings. The lowest BCUT2D eigenvalue weighted by Gasteiger charge is -1.97. The lowest BCUT2D eigenvalue weighted by Crippen LogP contribution is -2.06. The first-order valence-corrected chi connectivity index (χ1v) is 5.54. The average molecular weight is 270 g/mol. The van der Waals surface area contributed by atoms with E-state index in [1.807, 2.05) is 0 Å². The summed E-state index contributed by atoms with van der Waals surface area (Å²) in [4.78, 5) is 15.3. The van der Waals surface area contributed by atoms with Crippen LogP contribution < -0.4 is 0 Å². The Morgan fingerprint density at radius 3 is 3.00 bits per heavy atom. The number of carbonyl (C=O) groups is 1. The van der Waals surface area contributed by atoms with E-state index < -0.39 is 11.8 Å². The van der Waals surface area contributed by atoms with Crippen molar-refractivity contribution in [3.8, 4) is 11.4 Å². The van der Waals surface area contributed by atoms with Gasteiger partial charge in [-0.2, -0.15) is 5.10 Å². The van der Waals surface area contributed by atoms with Crippen molar-refractivity contribution in [2.24, 2.45) is 0 Å². The van der Waals surface area contributed by atoms with E-state index in [1.165, 1.54) is 18.2 Å². The van der Waals surface area contributed by atoms with Gasteiger partial charge in [-0.1, -0.05) is 11.6 Å². The van der Waals surface area contributed by atoms with Crippen molar-refractivity contribution in [3.63, 3.8) is 0 Å². The minimum atomic E-state index is -0.593. The maximum Gasteiger partial charge on any atom is 0.375 e. The SMILES string of the molecule is CCOC(=O)c1nc(-c2ccc(F)c(Cl)c2)n[nH]1. The normalized spacial score (nSPS) is 10.4. The molecule has 0 saturated carbocycles. The zero-order valence-corrected chi connectivity index (χ0v) is 10.2. The van der Waals surface area contributed by atoms with Crippen molar-refractivity contribution in [1.29, 1.82) is 0 Å². The predicted octanol–water partition coefficient (Wildman–Crippen LogP) is 2.44. The van der Waals surface area contributed by atoms with Crippen LogP contribution in [0.4, 0.5) is 4.39 Å². The molecule has 1 aromatic carbocycles. The van der Waals surface area contributed by atoms with Crippen molar-refractivity contribution in [2.45, 2.75) is 6.92 Å². The van der Waals surface area contributed by atoms with Crippen LogP contribution in [-0.4, -0.2) is 27.8 Å². The number of aromatic nitrogens is 3. The Balaban J connectivity index is 2.29. The van der Waals surface area contributed by atoms with Crippen LogP contribution >= 0.6 is 11.6 Å². The summed E-state index contributed by atoms with van der Waals surface area (Å²) in [6.07, 6.45) is 0. The quantitative estimate of drug-likeness (QED) is 0.869. The van der Waals surface area contributed by atoms with Crippen molar-refractivity contribution in [2.75, 3.05) is 6.61 Å². The number of benzene rings is 1. The number of esters is 1. The molecule has 1 N–H and O–H groups in total. The van der Waals surface area contributed by atoms with Gasteiger partial charge in [-0.3, -0.25) is 5.10 Å². The number of hydrogen-bond acceptors (Lipinski definition) is 4. The van der Waals surface area contributed by atoms with Crippen molar-refractivity contribution < 1.29 is 13.9 Å². The highest BCUT2D eigenvalue weighted by Crippen LogP contribution is 2.22. The van der Waals surface area contributed by atoms with Gasteiger partial charge in [0.05, 0.1) is 11.6 Å². The summed E-state index contributed by atoms with van der Waals surface area (Å²) in [5, 5.41) is 6.26. The number of aromatic amines is 1. The molecular formula is C11H9ClFN3O2. The number of halogens is 2. The van der Waals surface area contributed by atoms with Crippen molar-refractivity contribution >= 4 is 17.6 Å². The van der Waals surface area contributed by atoms with Gasteiger partial charge in [0.2, 0.25) is 5.82 Å². The molecule has 2 rings (SSSR count). The van der Waals surface area contributed by atoms with E-state index in [2.05, 4.69) is 15.2 Å². The van der Waals surface area contributed by atoms with Crippen LogP contribution in [-0.2, 0) is 4.74 Å². The number of ether oxygens (including phenoxy) is 1. The minimum Gasteiger partial charge on any atom is -0.460 e. The molecule has 0 aliphatic carbocycles. The van der Waals surface area contributed by atoms with Crippen LogP contribution in [0.1, 0.15) is 17.5 Å². The fraction of sp³-hybridized carbons (Fsp3) is 0.182. The Morgan fingerprint density at radius 1 is 1.56 bits per heavy atom. The Hall–Kier alpha value is -1.95. The number of hydrogen-bond donors (Lipinski definition) is 1. The zero-order valence-electron chi connectivity index (χ0n) is 9.41. The summed E-state index contributed by atoms with van der Waals surface area (Å²) in [7, 11) is 0. The molecule has 0 bridgehead atoms. The second-order valence-electron chi connectivity index (χ2n) is 3.36. The second kappa shape index (κ2) is 5.14. The first-order valence-electron chi connectivity index (χ1n) is 5.16. The maximum absolute atomic E-state index is 13.0. The summed E-state index contributed by atoms with van der Waals surface area (Å²) in [6.45, 7) is 1.94. The largest absolute Gasteiger partial charge is 0.460 e. The monoisotopic (exact) mass is 269 g/mol. The molecule has 5 nitrogen and oxygen atoms in total. The Kier molecular flexibility index (Phi) is 3.57. The van der Waals surface area contributed by atoms with E-state index in [4.69, 9.17) is 16.3 Å². The third kappa shape index (κ3) is 2.48. The van der Waals surface area contributed by atoms with Crippen LogP contribution in [0.15, 0.2) is 18.2 Å². The second-order valence-corrected chi connectivity index (χ2v) is 3.76. The van der Waals surface area contributed by atoms with E-state index in [1.54, 1.807) is 6.92 Å². The lowest BCUT2D eigenvalue weighted by atomic mass is 10.2. The Labute approximate surface area is 107 Å². The van der Waals surface area contributed by atoms with Crippen LogP contribution in [0.3, 0.4) is 0 Å². The maximum atomic E-state index is 13.0. The molecule has 0 amide bonds. The number of nitrogens with zero attached hydrogens (tertiary/aromatic N) is 2. The number of H-pyrrole nitrogens is 1. The summed E-state index contributed by atoms with van der Waals surface area (Å²) in [5.74, 6) is -0.877. The molecule has 1 heterocycles. The van der Waals surface area contributed by atoms with Gasteiger partial charge >= 0.3 is 5.97 Å². The van der Waals surface area contributed by atoms with E-state index in [9.17, 15) is 9.18 Å². The summed E-state index contributed by atoms with van der Waals surface area (Å²) in [6, 6.07) is 4.06. The molecule has 2 aromatic rings. The molecule has 0 aliphatic heterocycles. The highest BCUT2D eigenvalue weighted by Gasteiger charge is 2.14. The van der Waals surface area contributed by atoms with Gasteiger partial charge in [-0.25, -0.2) is 14.2 Å². The average Bonchev–Trinajstić information content (AvgIpc) is 2.82. The standard InChI is InChI=1S/C11H9ClFN3O2/c1-2-18-11(17)10-14-9(15-16-10)6-3-4-8(13)7(12)5-6/h3-5H,2H2,1H3,(H,14,15,16). The molecule has 0 spiro atoms. The molecule has 94 valence electrons. The minimum absolute atomic E-state index is 0.00713. The fourth-order valence-corrected chi connectivity index (χ4v) is 1.50. The van der Waals surface area contributed by atoms with Gasteiger partial charge < -0.3 is 4.74 Å². The zero-order chi connectivity index (χ0) is 13.1. The lowest BCUT2D eigenvalue weighted by molar-refractivity contribution is 0.0512. The molecule has 0 radical (unpaired) electrons. The molecule has 0 unspecified atom stereocenters. The number of carbonyl (C=O) groups excluding carboxylic acids is 1. The fourth-order valence-electron chi connectivity index (χ4n) is 1.32. The number of nitrogens with one attached hydrogen (secondary N) is 1. The van der Waals surface area contributed by atoms with Gasteiger partial charge in [0.15, 0.2) is 5.82 Å². The first kappa shape index (κ1) is 12.5. The highest BCUT2D eigenvalue weighted by atomic mass is 35.5. The summed E-state index contributed by atoms with van der Waals surface area (Å²) in [5.41, 5.74) is 0.508. The summed E-state index contributed by atoms with van der Waals surface area (Å²) >= 11 is 5.65.